The van der Waals surface area contributed by atoms with Crippen molar-refractivity contribution >= 4 is 34.5 Å². The molecule has 0 unspecified atom stereocenters. The molecular weight excluding hydrogens is 557 g/mol. The predicted molar refractivity (Wildman–Crippen MR) is 21.2 cm³/mol. The van der Waals surface area contributed by atoms with Crippen LogP contribution in [0.1, 0.15) is 0 Å². The fourth-order valence-corrected chi connectivity index (χ4v) is 0. The summed E-state index contributed by atoms with van der Waals surface area (Å²) in [6.45, 7) is 0. The molecular formula is HCoCrCuFeIMnSeZn. The molecule has 0 rings (SSSR count). The van der Waals surface area contributed by atoms with Crippen molar-refractivity contribution in [3.8, 4) is 0 Å². The largest absolute Gasteiger partial charge is 0 e. The van der Waals surface area contributed by atoms with E-state index in [1.54, 1.807) is 0 Å². The average Bonchev–Trinajstić information content (AvgIpc) is 0.918. The van der Waals surface area contributed by atoms with Crippen LogP contribution in [0.5, 0.6) is 0 Å². The molecule has 0 amide bonds. The van der Waals surface area contributed by atoms with E-state index in [0.29, 0.717) is 0 Å². The summed E-state index contributed by atoms with van der Waals surface area (Å²) in [7, 11) is 0.970. The van der Waals surface area contributed by atoms with Crippen LogP contribution in [0.4, 0.5) is 0 Å². The van der Waals surface area contributed by atoms with Gasteiger partial charge in [0.15, 0.2) is 0 Å². The Morgan fingerprint density at radius 3 is 1.38 bits per heavy atom. The average molecular weight is 558 g/mol. The summed E-state index contributed by atoms with van der Waals surface area (Å²) in [4.78, 5) is 0. The Morgan fingerprint density at radius 1 is 1.38 bits per heavy atom. The van der Waals surface area contributed by atoms with Crippen molar-refractivity contribution < 1.29 is 97.6 Å². The Balaban J connectivity index is -0.00000000200. The van der Waals surface area contributed by atoms with Crippen molar-refractivity contribution in [1.82, 2.24) is 0 Å². The molecule has 0 N–H and O–H groups in total. The summed E-state index contributed by atoms with van der Waals surface area (Å²) in [5.74, 6) is 0. The number of halogens is 1. The Bertz CT molecular complexity index is 24.0. The summed E-state index contributed by atoms with van der Waals surface area (Å²) < 4.78 is 0. The van der Waals surface area contributed by atoms with Gasteiger partial charge in [0.25, 0.3) is 0 Å². The van der Waals surface area contributed by atoms with Gasteiger partial charge in [0.1, 0.15) is 0 Å². The molecule has 0 fully saturated rings. The summed E-state index contributed by atoms with van der Waals surface area (Å²) in [6.07, 6.45) is 0. The molecule has 0 nitrogen and oxygen atoms in total. The van der Waals surface area contributed by atoms with E-state index in [-0.39, 0.29) is 87.8 Å². The van der Waals surface area contributed by atoms with E-state index in [1.807, 2.05) is 0 Å². The Hall–Kier alpha value is 4.47. The Morgan fingerprint density at radius 2 is 1.38 bits per heavy atom. The van der Waals surface area contributed by atoms with E-state index in [0.717, 1.165) is 9.88 Å². The van der Waals surface area contributed by atoms with Crippen molar-refractivity contribution in [1.29, 1.82) is 0 Å². The molecule has 0 aliphatic carbocycles. The van der Waals surface area contributed by atoms with Crippen LogP contribution < -0.4 is 0 Å². The van der Waals surface area contributed by atoms with Gasteiger partial charge in [0.05, 0.1) is 0 Å². The van der Waals surface area contributed by atoms with E-state index in [4.69, 9.17) is 0 Å². The van der Waals surface area contributed by atoms with Crippen LogP contribution in [-0.4, -0.2) is 14.2 Å². The predicted octanol–water partition coefficient (Wildman–Crippen LogP) is 0.222. The normalized spacial score (nSPS) is 2.25. The molecule has 0 saturated carbocycles. The first-order valence-electron chi connectivity index (χ1n) is 0.312. The molecule has 2 radical (unpaired) electrons. The Kier molecular flexibility index (Phi) is 206. The minimum atomic E-state index is 0. The standard InChI is InChI=1S/Co.Cr.Cu.Fe.HI.Mn.H2Se.Zn/h;;;;1H;;1H2;/q;;;;;+2;;/p-2. The zero-order chi connectivity index (χ0) is 2.71. The van der Waals surface area contributed by atoms with Crippen LogP contribution >= 0.6 is 20.3 Å². The summed E-state index contributed by atoms with van der Waals surface area (Å²) >= 11 is 4.78. The molecule has 0 aliphatic rings. The van der Waals surface area contributed by atoms with Crippen LogP contribution in [0.3, 0.4) is 0 Å². The van der Waals surface area contributed by atoms with Crippen LogP contribution in [0.15, 0.2) is 0 Å². The van der Waals surface area contributed by atoms with E-state index in [2.05, 4.69) is 34.5 Å². The second-order valence-corrected chi connectivity index (χ2v) is 9.18. The van der Waals surface area contributed by atoms with Gasteiger partial charge in [0, 0.05) is 87.8 Å². The summed E-state index contributed by atoms with van der Waals surface area (Å²) in [5, 5.41) is 0. The maximum atomic E-state index is 2.48. The zero-order valence-electron chi connectivity index (χ0n) is 3.31. The second kappa shape index (κ2) is 42.0. The molecule has 8 heteroatoms. The van der Waals surface area contributed by atoms with Crippen LogP contribution in [0.2, 0.25) is 0 Å². The van der Waals surface area contributed by atoms with Crippen molar-refractivity contribution in [2.45, 2.75) is 0 Å². The first-order chi connectivity index (χ1) is 1.41. The van der Waals surface area contributed by atoms with E-state index in [1.165, 1.54) is 0 Å². The SMILES string of the molecule is [Co].[Cr].[Cu].[Fe].[SeH][Mn][I].[Zn]. The van der Waals surface area contributed by atoms with Gasteiger partial charge in [-0.05, 0) is 0 Å². The van der Waals surface area contributed by atoms with Crippen LogP contribution in [0, 0.1) is 0 Å². The summed E-state index contributed by atoms with van der Waals surface area (Å²) in [5.41, 5.74) is 0. The molecule has 57 valence electrons. The molecule has 0 bridgehead atoms. The van der Waals surface area contributed by atoms with Gasteiger partial charge in [-0.2, -0.15) is 0 Å². The van der Waals surface area contributed by atoms with Crippen molar-refractivity contribution in [2.24, 2.45) is 0 Å². The van der Waals surface area contributed by atoms with Gasteiger partial charge >= 0.3 is 44.4 Å². The van der Waals surface area contributed by atoms with E-state index >= 15 is 0 Å². The van der Waals surface area contributed by atoms with Crippen LogP contribution in [-0.2, 0) is 97.6 Å². The third-order valence-electron chi connectivity index (χ3n) is 0. The Labute approximate surface area is 129 Å². The fraction of sp³-hybridized carbons (Fsp3) is 0. The number of hydrogen-bond acceptors (Lipinski definition) is 0. The number of hydrogen-bond donors (Lipinski definition) is 0. The minimum absolute atomic E-state index is 0. The van der Waals surface area contributed by atoms with Crippen molar-refractivity contribution in [2.75, 3.05) is 0 Å². The molecule has 0 heterocycles. The second-order valence-electron chi connectivity index (χ2n) is 0.0639. The molecule has 0 aromatic rings. The fourth-order valence-electron chi connectivity index (χ4n) is 0. The quantitative estimate of drug-likeness (QED) is 0.296. The van der Waals surface area contributed by atoms with Gasteiger partial charge < -0.3 is 0 Å². The van der Waals surface area contributed by atoms with Crippen LogP contribution in [0.25, 0.3) is 0 Å². The minimum Gasteiger partial charge on any atom is 0 e. The topological polar surface area (TPSA) is 0 Å². The molecule has 8 heavy (non-hydrogen) atoms. The smallest absolute Gasteiger partial charge is 0 e. The molecule has 0 aromatic heterocycles. The van der Waals surface area contributed by atoms with Crippen molar-refractivity contribution in [3.63, 3.8) is 0 Å². The maximum Gasteiger partial charge on any atom is 0 e. The van der Waals surface area contributed by atoms with Crippen molar-refractivity contribution in [3.05, 3.63) is 0 Å². The first kappa shape index (κ1) is 39.2. The van der Waals surface area contributed by atoms with Gasteiger partial charge in [0.2, 0.25) is 0 Å². The molecule has 0 atom stereocenters. The van der Waals surface area contributed by atoms with Gasteiger partial charge in [-0.25, -0.2) is 0 Å². The van der Waals surface area contributed by atoms with Gasteiger partial charge in [-0.1, -0.05) is 0 Å². The molecule has 0 spiro atoms. The van der Waals surface area contributed by atoms with Gasteiger partial charge in [-0.3, -0.25) is 0 Å². The first-order valence-corrected chi connectivity index (χ1v) is 7.57. The molecule has 0 saturated heterocycles. The number of rotatable bonds is 0. The third-order valence-corrected chi connectivity index (χ3v) is 0. The molecule has 0 aliphatic heterocycles. The van der Waals surface area contributed by atoms with Gasteiger partial charge in [-0.15, -0.1) is 0 Å². The molecule has 0 aromatic carbocycles. The third kappa shape index (κ3) is 47.0. The van der Waals surface area contributed by atoms with E-state index in [9.17, 15) is 0 Å². The van der Waals surface area contributed by atoms with E-state index < -0.39 is 0 Å². The monoisotopic (exact) mass is 556 g/mol. The summed E-state index contributed by atoms with van der Waals surface area (Å²) in [6, 6.07) is 0. The maximum absolute atomic E-state index is 2.48. The zero-order valence-corrected chi connectivity index (χ0v) is 15.9.